The van der Waals surface area contributed by atoms with Gasteiger partial charge in [0.15, 0.2) is 0 Å². The number of rotatable bonds is 3. The summed E-state index contributed by atoms with van der Waals surface area (Å²) in [5.41, 5.74) is 2.26. The van der Waals surface area contributed by atoms with Gasteiger partial charge in [0.05, 0.1) is 5.52 Å². The fourth-order valence-electron chi connectivity index (χ4n) is 3.28. The van der Waals surface area contributed by atoms with E-state index in [-0.39, 0.29) is 11.9 Å². The highest BCUT2D eigenvalue weighted by Gasteiger charge is 2.22. The number of hydrogen-bond acceptors (Lipinski definition) is 3. The number of aromatic nitrogens is 1. The first kappa shape index (κ1) is 14.9. The summed E-state index contributed by atoms with van der Waals surface area (Å²) >= 11 is 0. The quantitative estimate of drug-likeness (QED) is 0.713. The van der Waals surface area contributed by atoms with Crippen molar-refractivity contribution in [2.75, 3.05) is 18.0 Å². The molecule has 1 aliphatic rings. The van der Waals surface area contributed by atoms with Crippen molar-refractivity contribution in [3.8, 4) is 5.75 Å². The molecule has 4 rings (SSSR count). The average molecular weight is 322 g/mol. The summed E-state index contributed by atoms with van der Waals surface area (Å²) < 4.78 is 18.9. The molecule has 4 heteroatoms. The minimum atomic E-state index is -0.235. The molecule has 2 heterocycles. The normalized spacial score (nSPS) is 15.6. The van der Waals surface area contributed by atoms with Crippen LogP contribution in [0.4, 0.5) is 10.1 Å². The summed E-state index contributed by atoms with van der Waals surface area (Å²) in [6.45, 7) is 1.89. The van der Waals surface area contributed by atoms with Gasteiger partial charge < -0.3 is 9.64 Å². The number of nitrogens with zero attached hydrogens (tertiary/aromatic N) is 2. The Morgan fingerprint density at radius 3 is 2.50 bits per heavy atom. The number of halogens is 1. The van der Waals surface area contributed by atoms with E-state index in [1.54, 1.807) is 12.1 Å². The molecule has 0 radical (unpaired) electrons. The summed E-state index contributed by atoms with van der Waals surface area (Å²) in [6, 6.07) is 16.6. The van der Waals surface area contributed by atoms with Crippen molar-refractivity contribution in [3.05, 3.63) is 66.6 Å². The van der Waals surface area contributed by atoms with Crippen LogP contribution in [-0.2, 0) is 0 Å². The summed E-state index contributed by atoms with van der Waals surface area (Å²) in [7, 11) is 0. The van der Waals surface area contributed by atoms with Gasteiger partial charge in [0.1, 0.15) is 17.7 Å². The molecule has 24 heavy (non-hydrogen) atoms. The van der Waals surface area contributed by atoms with Crippen LogP contribution in [0.25, 0.3) is 10.9 Å². The number of hydrogen-bond donors (Lipinski definition) is 0. The SMILES string of the molecule is Fc1ccc(OC2CCN(c3ccnc4ccccc34)CC2)cc1. The first-order valence-corrected chi connectivity index (χ1v) is 8.30. The van der Waals surface area contributed by atoms with Crippen LogP contribution >= 0.6 is 0 Å². The largest absolute Gasteiger partial charge is 0.490 e. The number of piperidine rings is 1. The van der Waals surface area contributed by atoms with Crippen molar-refractivity contribution >= 4 is 16.6 Å². The molecule has 0 saturated carbocycles. The molecule has 0 spiro atoms. The second-order valence-corrected chi connectivity index (χ2v) is 6.11. The minimum absolute atomic E-state index is 0.180. The van der Waals surface area contributed by atoms with Crippen LogP contribution in [0.15, 0.2) is 60.8 Å². The number of pyridine rings is 1. The van der Waals surface area contributed by atoms with Gasteiger partial charge in [0.25, 0.3) is 0 Å². The lowest BCUT2D eigenvalue weighted by molar-refractivity contribution is 0.171. The van der Waals surface area contributed by atoms with Gasteiger partial charge in [-0.3, -0.25) is 4.98 Å². The van der Waals surface area contributed by atoms with Crippen LogP contribution in [0.3, 0.4) is 0 Å². The second kappa shape index (κ2) is 6.48. The fourth-order valence-corrected chi connectivity index (χ4v) is 3.28. The van der Waals surface area contributed by atoms with Crippen molar-refractivity contribution in [2.45, 2.75) is 18.9 Å². The van der Waals surface area contributed by atoms with E-state index in [4.69, 9.17) is 4.74 Å². The summed E-state index contributed by atoms with van der Waals surface area (Å²) in [6.07, 6.45) is 3.96. The number of fused-ring (bicyclic) bond motifs is 1. The van der Waals surface area contributed by atoms with Crippen LogP contribution in [0.5, 0.6) is 5.75 Å². The van der Waals surface area contributed by atoms with Crippen molar-refractivity contribution in [2.24, 2.45) is 0 Å². The van der Waals surface area contributed by atoms with Crippen molar-refractivity contribution in [1.82, 2.24) is 4.98 Å². The molecular weight excluding hydrogens is 303 g/mol. The highest BCUT2D eigenvalue weighted by Crippen LogP contribution is 2.28. The molecule has 1 fully saturated rings. The van der Waals surface area contributed by atoms with Gasteiger partial charge >= 0.3 is 0 Å². The van der Waals surface area contributed by atoms with Gasteiger partial charge in [-0.25, -0.2) is 4.39 Å². The molecule has 3 nitrogen and oxygen atoms in total. The molecule has 0 unspecified atom stereocenters. The lowest BCUT2D eigenvalue weighted by Crippen LogP contribution is -2.38. The highest BCUT2D eigenvalue weighted by molar-refractivity contribution is 5.91. The molecule has 0 amide bonds. The summed E-state index contributed by atoms with van der Waals surface area (Å²) in [5, 5.41) is 1.19. The standard InChI is InChI=1S/C20H19FN2O/c21-15-5-7-16(8-6-15)24-17-10-13-23(14-11-17)20-9-12-22-19-4-2-1-3-18(19)20/h1-9,12,17H,10-11,13-14H2. The number of para-hydroxylation sites is 1. The first-order valence-electron chi connectivity index (χ1n) is 8.30. The zero-order valence-corrected chi connectivity index (χ0v) is 13.4. The molecule has 0 aliphatic carbocycles. The zero-order valence-electron chi connectivity index (χ0n) is 13.4. The third kappa shape index (κ3) is 3.04. The lowest BCUT2D eigenvalue weighted by atomic mass is 10.1. The van der Waals surface area contributed by atoms with Crippen LogP contribution in [-0.4, -0.2) is 24.2 Å². The molecule has 1 aliphatic heterocycles. The minimum Gasteiger partial charge on any atom is -0.490 e. The zero-order chi connectivity index (χ0) is 16.4. The third-order valence-corrected chi connectivity index (χ3v) is 4.53. The summed E-state index contributed by atoms with van der Waals surface area (Å²) in [5.74, 6) is 0.506. The fraction of sp³-hybridized carbons (Fsp3) is 0.250. The Hall–Kier alpha value is -2.62. The smallest absolute Gasteiger partial charge is 0.123 e. The molecule has 1 saturated heterocycles. The Bertz CT molecular complexity index is 821. The Balaban J connectivity index is 1.45. The molecule has 0 N–H and O–H groups in total. The number of ether oxygens (including phenoxy) is 1. The van der Waals surface area contributed by atoms with E-state index in [1.807, 2.05) is 18.3 Å². The van der Waals surface area contributed by atoms with E-state index in [9.17, 15) is 4.39 Å². The molecule has 3 aromatic rings. The van der Waals surface area contributed by atoms with Gasteiger partial charge in [0.2, 0.25) is 0 Å². The Morgan fingerprint density at radius 1 is 0.958 bits per heavy atom. The number of benzene rings is 2. The van der Waals surface area contributed by atoms with Crippen LogP contribution in [0, 0.1) is 5.82 Å². The Labute approximate surface area is 140 Å². The van der Waals surface area contributed by atoms with Crippen LogP contribution in [0.2, 0.25) is 0 Å². The van der Waals surface area contributed by atoms with Gasteiger partial charge in [-0.1, -0.05) is 18.2 Å². The molecule has 2 aromatic carbocycles. The maximum absolute atomic E-state index is 13.0. The van der Waals surface area contributed by atoms with Crippen molar-refractivity contribution < 1.29 is 9.13 Å². The molecule has 0 bridgehead atoms. The molecular formula is C20H19FN2O. The maximum atomic E-state index is 13.0. The Kier molecular flexibility index (Phi) is 4.03. The van der Waals surface area contributed by atoms with E-state index in [0.29, 0.717) is 0 Å². The molecule has 0 atom stereocenters. The topological polar surface area (TPSA) is 25.4 Å². The number of anilines is 1. The monoisotopic (exact) mass is 322 g/mol. The second-order valence-electron chi connectivity index (χ2n) is 6.11. The third-order valence-electron chi connectivity index (χ3n) is 4.53. The predicted molar refractivity (Wildman–Crippen MR) is 94.0 cm³/mol. The van der Waals surface area contributed by atoms with Gasteiger partial charge in [-0.05, 0) is 36.4 Å². The van der Waals surface area contributed by atoms with Gasteiger partial charge in [0, 0.05) is 43.2 Å². The van der Waals surface area contributed by atoms with Crippen LogP contribution in [0.1, 0.15) is 12.8 Å². The first-order chi connectivity index (χ1) is 11.8. The van der Waals surface area contributed by atoms with Crippen molar-refractivity contribution in [1.29, 1.82) is 0 Å². The average Bonchev–Trinajstić information content (AvgIpc) is 2.64. The molecule has 122 valence electrons. The van der Waals surface area contributed by atoms with Crippen molar-refractivity contribution in [3.63, 3.8) is 0 Å². The molecule has 1 aromatic heterocycles. The predicted octanol–water partition coefficient (Wildman–Crippen LogP) is 4.42. The van der Waals surface area contributed by atoms with E-state index < -0.39 is 0 Å². The summed E-state index contributed by atoms with van der Waals surface area (Å²) in [4.78, 5) is 6.83. The van der Waals surface area contributed by atoms with Crippen LogP contribution < -0.4 is 9.64 Å². The van der Waals surface area contributed by atoms with Gasteiger partial charge in [-0.15, -0.1) is 0 Å². The van der Waals surface area contributed by atoms with E-state index >= 15 is 0 Å². The van der Waals surface area contributed by atoms with Gasteiger partial charge in [-0.2, -0.15) is 0 Å². The maximum Gasteiger partial charge on any atom is 0.123 e. The van der Waals surface area contributed by atoms with E-state index in [2.05, 4.69) is 28.1 Å². The van der Waals surface area contributed by atoms with E-state index in [0.717, 1.165) is 37.2 Å². The lowest BCUT2D eigenvalue weighted by Gasteiger charge is -2.34. The highest BCUT2D eigenvalue weighted by atomic mass is 19.1. The van der Waals surface area contributed by atoms with E-state index in [1.165, 1.54) is 23.2 Å². The Morgan fingerprint density at radius 2 is 1.71 bits per heavy atom.